The minimum atomic E-state index is -5.55. The maximum absolute atomic E-state index is 12.3. The molecule has 44 heavy (non-hydrogen) atoms. The van der Waals surface area contributed by atoms with Crippen LogP contribution < -0.4 is 11.4 Å². The van der Waals surface area contributed by atoms with Crippen molar-refractivity contribution in [2.24, 2.45) is 0 Å². The van der Waals surface area contributed by atoms with Gasteiger partial charge in [-0.3, -0.25) is 13.7 Å². The molecule has 0 radical (unpaired) electrons. The van der Waals surface area contributed by atoms with Gasteiger partial charge in [-0.15, -0.1) is 0 Å². The zero-order valence-electron chi connectivity index (χ0n) is 25.1. The van der Waals surface area contributed by atoms with E-state index in [1.807, 2.05) is 0 Å². The maximum Gasteiger partial charge on any atom is 0.488 e. The van der Waals surface area contributed by atoms with Gasteiger partial charge >= 0.3 is 28.9 Å². The average molecular weight is 692 g/mol. The Bertz CT molecular complexity index is 1200. The Morgan fingerprint density at radius 1 is 0.841 bits per heavy atom. The zero-order chi connectivity index (χ0) is 32.8. The van der Waals surface area contributed by atoms with E-state index in [1.54, 1.807) is 0 Å². The van der Waals surface area contributed by atoms with Crippen LogP contribution in [0.2, 0.25) is 0 Å². The molecule has 0 spiro atoms. The highest BCUT2D eigenvalue weighted by molar-refractivity contribution is 7.68. The van der Waals surface area contributed by atoms with Gasteiger partial charge in [0.1, 0.15) is 24.1 Å². The summed E-state index contributed by atoms with van der Waals surface area (Å²) in [4.78, 5) is 45.2. The normalized spacial score (nSPS) is 24.5. The molecular formula is C25H48N3O13P3. The lowest BCUT2D eigenvalue weighted by Crippen LogP contribution is -2.36. The van der Waals surface area contributed by atoms with Crippen LogP contribution in [0.5, 0.6) is 0 Å². The monoisotopic (exact) mass is 691 g/mol. The van der Waals surface area contributed by atoms with E-state index in [4.69, 9.17) is 10.5 Å². The van der Waals surface area contributed by atoms with Crippen LogP contribution in [0, 0.1) is 0 Å². The Balaban J connectivity index is 1.67. The molecule has 1 aliphatic heterocycles. The molecule has 3 unspecified atom stereocenters. The van der Waals surface area contributed by atoms with Gasteiger partial charge in [0.05, 0.1) is 12.8 Å². The summed E-state index contributed by atoms with van der Waals surface area (Å²) in [5, 5.41) is 20.5. The largest absolute Gasteiger partial charge is 0.488 e. The van der Waals surface area contributed by atoms with E-state index in [-0.39, 0.29) is 12.2 Å². The van der Waals surface area contributed by atoms with E-state index >= 15 is 0 Å². The molecule has 7 N–H and O–H groups in total. The van der Waals surface area contributed by atoms with Gasteiger partial charge in [-0.2, -0.15) is 9.29 Å². The van der Waals surface area contributed by atoms with E-state index in [0.717, 1.165) is 36.4 Å². The second-order valence-electron chi connectivity index (χ2n) is 10.9. The first-order valence-corrected chi connectivity index (χ1v) is 19.8. The first kappa shape index (κ1) is 39.2. The third kappa shape index (κ3) is 14.6. The number of aliphatic hydroxyl groups excluding tert-OH is 2. The summed E-state index contributed by atoms with van der Waals surface area (Å²) < 4.78 is 55.9. The van der Waals surface area contributed by atoms with Gasteiger partial charge in [0, 0.05) is 6.20 Å². The summed E-state index contributed by atoms with van der Waals surface area (Å²) in [6.07, 6.45) is 9.29. The smallest absolute Gasteiger partial charge is 0.387 e. The van der Waals surface area contributed by atoms with E-state index in [0.29, 0.717) is 6.42 Å². The highest BCUT2D eigenvalue weighted by Crippen LogP contribution is 2.67. The minimum Gasteiger partial charge on any atom is -0.387 e. The van der Waals surface area contributed by atoms with Crippen molar-refractivity contribution in [1.29, 1.82) is 0 Å². The number of aliphatic hydroxyl groups is 2. The van der Waals surface area contributed by atoms with Crippen LogP contribution in [0.25, 0.3) is 0 Å². The summed E-state index contributed by atoms with van der Waals surface area (Å²) in [5.74, 6) is -0.0970. The summed E-state index contributed by atoms with van der Waals surface area (Å²) in [6.45, 7) is 1.26. The van der Waals surface area contributed by atoms with Crippen LogP contribution in [0.15, 0.2) is 17.1 Å². The average Bonchev–Trinajstić information content (AvgIpc) is 3.19. The number of phosphoric ester groups is 1. The molecule has 0 aliphatic carbocycles. The molecule has 16 nitrogen and oxygen atoms in total. The predicted molar refractivity (Wildman–Crippen MR) is 162 cm³/mol. The first-order valence-electron chi connectivity index (χ1n) is 15.1. The van der Waals surface area contributed by atoms with Crippen molar-refractivity contribution in [3.8, 4) is 0 Å². The molecule has 1 saturated heterocycles. The summed E-state index contributed by atoms with van der Waals surface area (Å²) in [7, 11) is -15.6. The SMILES string of the molecule is CCCCCCCCCCCCCCCCP(=O)(O)OP(=O)(O)OP(=O)(O)OC[C@H]1O[C@@H](n2ccc(N)nc2=O)[C@H](O)[C@H]1O. The van der Waals surface area contributed by atoms with Gasteiger partial charge in [0.15, 0.2) is 6.23 Å². The van der Waals surface area contributed by atoms with Gasteiger partial charge in [-0.05, 0) is 12.5 Å². The number of nitrogen functional groups attached to an aromatic ring is 1. The van der Waals surface area contributed by atoms with Gasteiger partial charge in [-0.25, -0.2) is 18.2 Å². The number of nitrogens with zero attached hydrogens (tertiary/aromatic N) is 2. The first-order chi connectivity index (χ1) is 20.7. The molecule has 1 aliphatic rings. The van der Waals surface area contributed by atoms with E-state index in [9.17, 15) is 43.4 Å². The Kier molecular flexibility index (Phi) is 16.9. The Hall–Kier alpha value is -0.990. The van der Waals surface area contributed by atoms with E-state index in [1.165, 1.54) is 57.4 Å². The number of anilines is 1. The predicted octanol–water partition coefficient (Wildman–Crippen LogP) is 4.36. The van der Waals surface area contributed by atoms with Crippen molar-refractivity contribution in [1.82, 2.24) is 9.55 Å². The fourth-order valence-electron chi connectivity index (χ4n) is 4.76. The molecule has 1 fully saturated rings. The molecule has 19 heteroatoms. The number of ether oxygens (including phenoxy) is 1. The number of phosphoric acid groups is 2. The maximum atomic E-state index is 12.3. The molecule has 2 rings (SSSR count). The third-order valence-corrected chi connectivity index (χ3v) is 11.9. The highest BCUT2D eigenvalue weighted by atomic mass is 31.3. The molecule has 256 valence electrons. The van der Waals surface area contributed by atoms with Crippen molar-refractivity contribution in [3.05, 3.63) is 22.7 Å². The summed E-state index contributed by atoms with van der Waals surface area (Å²) >= 11 is 0. The second-order valence-corrected chi connectivity index (χ2v) is 16.1. The van der Waals surface area contributed by atoms with Crippen LogP contribution in [0.1, 0.15) is 103 Å². The lowest BCUT2D eigenvalue weighted by molar-refractivity contribution is -0.0541. The third-order valence-electron chi connectivity index (χ3n) is 7.10. The number of nitrogens with two attached hydrogens (primary N) is 1. The Morgan fingerprint density at radius 3 is 1.89 bits per heavy atom. The topological polar surface area (TPSA) is 250 Å². The van der Waals surface area contributed by atoms with Crippen molar-refractivity contribution in [2.75, 3.05) is 18.5 Å². The van der Waals surface area contributed by atoms with Crippen LogP contribution in [0.4, 0.5) is 5.82 Å². The molecule has 1 aromatic rings. The second kappa shape index (κ2) is 19.0. The Labute approximate surface area is 257 Å². The highest BCUT2D eigenvalue weighted by Gasteiger charge is 2.46. The van der Waals surface area contributed by atoms with Crippen LogP contribution >= 0.6 is 23.2 Å². The fraction of sp³-hybridized carbons (Fsp3) is 0.840. The number of unbranched alkanes of at least 4 members (excludes halogenated alkanes) is 13. The van der Waals surface area contributed by atoms with E-state index in [2.05, 4.69) is 25.1 Å². The quantitative estimate of drug-likeness (QED) is 0.0689. The van der Waals surface area contributed by atoms with Gasteiger partial charge in [0.2, 0.25) is 0 Å². The number of aromatic nitrogens is 2. The molecule has 0 saturated carbocycles. The van der Waals surface area contributed by atoms with Crippen LogP contribution in [-0.4, -0.2) is 65.5 Å². The standard InChI is InChI=1S/C25H48N3O13P3/c1-2-3-4-5-6-7-8-9-10-11-12-13-14-15-18-42(32,33)40-44(36,37)41-43(34,35)38-19-20-22(29)23(30)24(39-20)28-17-16-21(26)27-25(28)31/h16-17,20,22-24,29-30H,2-15,18-19H2,1H3,(H,32,33)(H,34,35)(H,36,37)(H2,26,27,31)/t20-,22+,23-,24-/m1/s1. The molecule has 7 atom stereocenters. The van der Waals surface area contributed by atoms with Crippen molar-refractivity contribution in [3.63, 3.8) is 0 Å². The molecule has 0 amide bonds. The molecule has 0 aromatic carbocycles. The lowest BCUT2D eigenvalue weighted by atomic mass is 10.0. The van der Waals surface area contributed by atoms with Crippen molar-refractivity contribution >= 4 is 29.1 Å². The number of hydrogen-bond donors (Lipinski definition) is 6. The van der Waals surface area contributed by atoms with Crippen molar-refractivity contribution < 1.29 is 56.5 Å². The van der Waals surface area contributed by atoms with Gasteiger partial charge < -0.3 is 35.4 Å². The van der Waals surface area contributed by atoms with Gasteiger partial charge in [-0.1, -0.05) is 90.4 Å². The van der Waals surface area contributed by atoms with E-state index < -0.39 is 66.2 Å². The fourth-order valence-corrected chi connectivity index (χ4v) is 8.96. The van der Waals surface area contributed by atoms with Crippen molar-refractivity contribution in [2.45, 2.75) is 121 Å². The number of rotatable bonds is 23. The number of hydrogen-bond acceptors (Lipinski definition) is 12. The molecule has 0 bridgehead atoms. The van der Waals surface area contributed by atoms with Crippen LogP contribution in [-0.2, 0) is 31.6 Å². The molecule has 1 aromatic heterocycles. The summed E-state index contributed by atoms with van der Waals surface area (Å²) in [6, 6.07) is 1.24. The lowest BCUT2D eigenvalue weighted by Gasteiger charge is -2.20. The van der Waals surface area contributed by atoms with Gasteiger partial charge in [0.25, 0.3) is 0 Å². The minimum absolute atomic E-state index is 0.0970. The zero-order valence-corrected chi connectivity index (χ0v) is 27.8. The summed E-state index contributed by atoms with van der Waals surface area (Å²) in [5.41, 5.74) is 4.51. The molecular weight excluding hydrogens is 643 g/mol. The Morgan fingerprint density at radius 2 is 1.36 bits per heavy atom. The van der Waals surface area contributed by atoms with Crippen LogP contribution in [0.3, 0.4) is 0 Å². The molecule has 2 heterocycles.